The third kappa shape index (κ3) is 6.06. The minimum Gasteiger partial charge on any atom is -0.497 e. The Hall–Kier alpha value is -3.15. The fraction of sp³-hybridized carbons (Fsp3) is 0.406. The van der Waals surface area contributed by atoms with Crippen molar-refractivity contribution >= 4 is 5.91 Å². The van der Waals surface area contributed by atoms with Gasteiger partial charge in [0.25, 0.3) is 5.91 Å². The highest BCUT2D eigenvalue weighted by Crippen LogP contribution is 2.35. The number of methoxy groups -OCH3 is 1. The predicted octanol–water partition coefficient (Wildman–Crippen LogP) is 5.86. The summed E-state index contributed by atoms with van der Waals surface area (Å²) in [5.41, 5.74) is 4.42. The molecule has 0 unspecified atom stereocenters. The first-order chi connectivity index (χ1) is 18.0. The van der Waals surface area contributed by atoms with E-state index in [1.54, 1.807) is 7.11 Å². The molecule has 1 heterocycles. The molecule has 1 amide bonds. The lowest BCUT2D eigenvalue weighted by Gasteiger charge is -2.48. The summed E-state index contributed by atoms with van der Waals surface area (Å²) in [4.78, 5) is 20.7. The van der Waals surface area contributed by atoms with Gasteiger partial charge >= 0.3 is 0 Å². The van der Waals surface area contributed by atoms with Crippen molar-refractivity contribution in [2.45, 2.75) is 52.4 Å². The molecule has 4 rings (SSSR count). The molecule has 3 atom stereocenters. The van der Waals surface area contributed by atoms with E-state index in [4.69, 9.17) is 4.74 Å². The highest BCUT2D eigenvalue weighted by atomic mass is 16.5. The van der Waals surface area contributed by atoms with Gasteiger partial charge < -0.3 is 9.64 Å². The summed E-state index contributed by atoms with van der Waals surface area (Å²) < 4.78 is 5.33. The standard InChI is InChI=1S/C32H41N3O2/c1-6-33(7-2)32(36)30-16-12-11-15-29(30)31(27-13-9-8-10-14-27)35-22-24(3)34(21-25(35)4)23-26-17-19-28(37-5)20-18-26/h8-20,24-25,31H,6-7,21-23H2,1-5H3/t24-,25+,31+/m1/s1. The summed E-state index contributed by atoms with van der Waals surface area (Å²) in [5, 5.41) is 0. The van der Waals surface area contributed by atoms with Gasteiger partial charge in [-0.2, -0.15) is 0 Å². The summed E-state index contributed by atoms with van der Waals surface area (Å²) in [6, 6.07) is 28.0. The third-order valence-electron chi connectivity index (χ3n) is 7.69. The largest absolute Gasteiger partial charge is 0.497 e. The molecule has 0 aliphatic carbocycles. The second-order valence-corrected chi connectivity index (χ2v) is 10.1. The van der Waals surface area contributed by atoms with Crippen molar-refractivity contribution in [3.8, 4) is 5.75 Å². The van der Waals surface area contributed by atoms with Crippen LogP contribution in [0.2, 0.25) is 0 Å². The zero-order chi connectivity index (χ0) is 26.4. The van der Waals surface area contributed by atoms with Gasteiger partial charge in [-0.15, -0.1) is 0 Å². The fourth-order valence-corrected chi connectivity index (χ4v) is 5.57. The van der Waals surface area contributed by atoms with Crippen molar-refractivity contribution in [3.63, 3.8) is 0 Å². The molecular formula is C32H41N3O2. The van der Waals surface area contributed by atoms with Gasteiger partial charge in [-0.05, 0) is 62.6 Å². The first-order valence-electron chi connectivity index (χ1n) is 13.5. The Kier molecular flexibility index (Phi) is 9.01. The Morgan fingerprint density at radius 1 is 0.892 bits per heavy atom. The molecule has 0 spiro atoms. The number of piperazine rings is 1. The molecule has 3 aromatic carbocycles. The van der Waals surface area contributed by atoms with Crippen LogP contribution >= 0.6 is 0 Å². The molecule has 1 aliphatic rings. The molecule has 0 bridgehead atoms. The van der Waals surface area contributed by atoms with E-state index in [2.05, 4.69) is 78.2 Å². The van der Waals surface area contributed by atoms with Gasteiger partial charge in [-0.1, -0.05) is 60.7 Å². The molecule has 5 nitrogen and oxygen atoms in total. The summed E-state index contributed by atoms with van der Waals surface area (Å²) in [7, 11) is 1.70. The predicted molar refractivity (Wildman–Crippen MR) is 151 cm³/mol. The smallest absolute Gasteiger partial charge is 0.254 e. The molecule has 0 saturated carbocycles. The number of carbonyl (C=O) groups is 1. The first-order valence-corrected chi connectivity index (χ1v) is 13.5. The monoisotopic (exact) mass is 499 g/mol. The second-order valence-electron chi connectivity index (χ2n) is 10.1. The van der Waals surface area contributed by atoms with E-state index < -0.39 is 0 Å². The van der Waals surface area contributed by atoms with Crippen LogP contribution in [0, 0.1) is 0 Å². The van der Waals surface area contributed by atoms with E-state index in [9.17, 15) is 4.79 Å². The van der Waals surface area contributed by atoms with Crippen LogP contribution in [0.5, 0.6) is 5.75 Å². The van der Waals surface area contributed by atoms with Gasteiger partial charge in [0, 0.05) is 50.4 Å². The highest BCUT2D eigenvalue weighted by Gasteiger charge is 2.36. The van der Waals surface area contributed by atoms with Crippen LogP contribution < -0.4 is 4.74 Å². The minimum atomic E-state index is 0.0116. The molecule has 1 aliphatic heterocycles. The lowest BCUT2D eigenvalue weighted by Crippen LogP contribution is -2.57. The Morgan fingerprint density at radius 2 is 1.54 bits per heavy atom. The number of ether oxygens (including phenoxy) is 1. The molecule has 196 valence electrons. The first kappa shape index (κ1) is 26.9. The van der Waals surface area contributed by atoms with Gasteiger partial charge in [0.15, 0.2) is 0 Å². The fourth-order valence-electron chi connectivity index (χ4n) is 5.57. The van der Waals surface area contributed by atoms with Gasteiger partial charge in [0.2, 0.25) is 0 Å². The van der Waals surface area contributed by atoms with Gasteiger partial charge in [-0.25, -0.2) is 0 Å². The van der Waals surface area contributed by atoms with E-state index in [1.807, 2.05) is 43.0 Å². The van der Waals surface area contributed by atoms with E-state index in [0.29, 0.717) is 25.2 Å². The average molecular weight is 500 g/mol. The van der Waals surface area contributed by atoms with Gasteiger partial charge in [0.05, 0.1) is 13.2 Å². The van der Waals surface area contributed by atoms with Crippen LogP contribution in [-0.2, 0) is 6.54 Å². The van der Waals surface area contributed by atoms with Crippen molar-refractivity contribution in [2.75, 3.05) is 33.3 Å². The van der Waals surface area contributed by atoms with E-state index in [1.165, 1.54) is 11.1 Å². The summed E-state index contributed by atoms with van der Waals surface area (Å²) >= 11 is 0. The molecular weight excluding hydrogens is 458 g/mol. The van der Waals surface area contributed by atoms with E-state index in [0.717, 1.165) is 36.5 Å². The van der Waals surface area contributed by atoms with Crippen LogP contribution in [0.15, 0.2) is 78.9 Å². The average Bonchev–Trinajstić information content (AvgIpc) is 2.93. The Labute approximate surface area is 222 Å². The van der Waals surface area contributed by atoms with Crippen molar-refractivity contribution in [2.24, 2.45) is 0 Å². The number of carbonyl (C=O) groups excluding carboxylic acids is 1. The number of rotatable bonds is 9. The maximum absolute atomic E-state index is 13.6. The maximum atomic E-state index is 13.6. The topological polar surface area (TPSA) is 36.0 Å². The normalized spacial score (nSPS) is 19.4. The Morgan fingerprint density at radius 3 is 2.19 bits per heavy atom. The number of benzene rings is 3. The molecule has 1 saturated heterocycles. The summed E-state index contributed by atoms with van der Waals surface area (Å²) in [6.45, 7) is 12.9. The van der Waals surface area contributed by atoms with Gasteiger partial charge in [0.1, 0.15) is 5.75 Å². The number of hydrogen-bond donors (Lipinski definition) is 0. The van der Waals surface area contributed by atoms with Crippen molar-refractivity contribution in [3.05, 3.63) is 101 Å². The lowest BCUT2D eigenvalue weighted by molar-refractivity contribution is 0.0192. The Balaban J connectivity index is 1.65. The van der Waals surface area contributed by atoms with Crippen molar-refractivity contribution in [1.82, 2.24) is 14.7 Å². The molecule has 37 heavy (non-hydrogen) atoms. The SMILES string of the molecule is CCN(CC)C(=O)c1ccccc1[C@H](c1ccccc1)N1C[C@@H](C)N(Cc2ccc(OC)cc2)C[C@@H]1C. The number of nitrogens with zero attached hydrogens (tertiary/aromatic N) is 3. The van der Waals surface area contributed by atoms with Crippen LogP contribution in [0.3, 0.4) is 0 Å². The van der Waals surface area contributed by atoms with Crippen LogP contribution in [-0.4, -0.2) is 66.0 Å². The number of amides is 1. The van der Waals surface area contributed by atoms with Crippen LogP contribution in [0.4, 0.5) is 0 Å². The minimum absolute atomic E-state index is 0.0116. The van der Waals surface area contributed by atoms with Crippen LogP contribution in [0.1, 0.15) is 60.8 Å². The molecule has 0 radical (unpaired) electrons. The van der Waals surface area contributed by atoms with Crippen molar-refractivity contribution in [1.29, 1.82) is 0 Å². The number of hydrogen-bond acceptors (Lipinski definition) is 4. The molecule has 5 heteroatoms. The lowest BCUT2D eigenvalue weighted by atomic mass is 9.90. The summed E-state index contributed by atoms with van der Waals surface area (Å²) in [6.07, 6.45) is 0. The van der Waals surface area contributed by atoms with E-state index >= 15 is 0 Å². The Bertz CT molecular complexity index is 1140. The quantitative estimate of drug-likeness (QED) is 0.369. The molecule has 1 fully saturated rings. The molecule has 3 aromatic rings. The second kappa shape index (κ2) is 12.4. The zero-order valence-electron chi connectivity index (χ0n) is 22.9. The highest BCUT2D eigenvalue weighted by molar-refractivity contribution is 5.96. The molecule has 0 aromatic heterocycles. The third-order valence-corrected chi connectivity index (χ3v) is 7.69. The molecule has 0 N–H and O–H groups in total. The zero-order valence-corrected chi connectivity index (χ0v) is 22.9. The van der Waals surface area contributed by atoms with E-state index in [-0.39, 0.29) is 11.9 Å². The van der Waals surface area contributed by atoms with Crippen LogP contribution in [0.25, 0.3) is 0 Å². The summed E-state index contributed by atoms with van der Waals surface area (Å²) in [5.74, 6) is 0.999. The maximum Gasteiger partial charge on any atom is 0.254 e. The van der Waals surface area contributed by atoms with Gasteiger partial charge in [-0.3, -0.25) is 14.6 Å². The van der Waals surface area contributed by atoms with Crippen molar-refractivity contribution < 1.29 is 9.53 Å².